The van der Waals surface area contributed by atoms with E-state index in [9.17, 15) is 18.0 Å². The molecule has 0 aliphatic carbocycles. The topological polar surface area (TPSA) is 63.1 Å². The third-order valence-electron chi connectivity index (χ3n) is 4.02. The smallest absolute Gasteiger partial charge is 0.338 e. The van der Waals surface area contributed by atoms with Gasteiger partial charge in [0, 0.05) is 26.6 Å². The van der Waals surface area contributed by atoms with Crippen molar-refractivity contribution in [3.8, 4) is 0 Å². The number of hydrogen-bond donors (Lipinski definition) is 1. The van der Waals surface area contributed by atoms with Crippen LogP contribution >= 0.6 is 0 Å². The maximum Gasteiger partial charge on any atom is 0.393 e. The number of aromatic nitrogens is 3. The molecule has 9 heteroatoms. The minimum absolute atomic E-state index is 0.0367. The van der Waals surface area contributed by atoms with Gasteiger partial charge in [0.15, 0.2) is 5.82 Å². The number of unbranched alkanes of at least 4 members (excludes halogenated alkanes) is 1. The molecule has 2 rings (SSSR count). The van der Waals surface area contributed by atoms with Gasteiger partial charge in [-0.3, -0.25) is 0 Å². The maximum absolute atomic E-state index is 12.9. The van der Waals surface area contributed by atoms with E-state index in [1.807, 2.05) is 6.92 Å². The summed E-state index contributed by atoms with van der Waals surface area (Å²) in [6.07, 6.45) is -2.07. The van der Waals surface area contributed by atoms with E-state index in [0.29, 0.717) is 18.2 Å². The average Bonchev–Trinajstić information content (AvgIpc) is 2.89. The highest BCUT2D eigenvalue weighted by molar-refractivity contribution is 5.73. The molecule has 1 aliphatic heterocycles. The molecule has 1 atom stereocenters. The van der Waals surface area contributed by atoms with E-state index in [1.165, 1.54) is 9.47 Å². The summed E-state index contributed by atoms with van der Waals surface area (Å²) in [5.74, 6) is -0.434. The van der Waals surface area contributed by atoms with Crippen LogP contribution in [0, 0.1) is 5.92 Å². The van der Waals surface area contributed by atoms with E-state index in [2.05, 4.69) is 15.5 Å². The molecule has 1 aromatic heterocycles. The second kappa shape index (κ2) is 7.18. The molecule has 0 bridgehead atoms. The molecule has 0 spiro atoms. The van der Waals surface area contributed by atoms with Gasteiger partial charge in [0.25, 0.3) is 0 Å². The summed E-state index contributed by atoms with van der Waals surface area (Å²) in [7, 11) is 1.59. The number of nitrogens with one attached hydrogen (secondary N) is 1. The molecule has 23 heavy (non-hydrogen) atoms. The van der Waals surface area contributed by atoms with Gasteiger partial charge >= 0.3 is 12.2 Å². The fourth-order valence-electron chi connectivity index (χ4n) is 2.56. The first-order valence-electron chi connectivity index (χ1n) is 7.79. The van der Waals surface area contributed by atoms with E-state index in [4.69, 9.17) is 0 Å². The van der Waals surface area contributed by atoms with Crippen LogP contribution in [0.25, 0.3) is 0 Å². The normalized spacial score (nSPS) is 17.7. The van der Waals surface area contributed by atoms with E-state index < -0.39 is 12.1 Å². The minimum Gasteiger partial charge on any atom is -0.338 e. The first kappa shape index (κ1) is 17.6. The number of nitrogens with zero attached hydrogens (tertiary/aromatic N) is 4. The van der Waals surface area contributed by atoms with Gasteiger partial charge in [-0.15, -0.1) is 10.2 Å². The van der Waals surface area contributed by atoms with E-state index in [1.54, 1.807) is 7.05 Å². The average molecular weight is 333 g/mol. The molecule has 0 aromatic carbocycles. The zero-order chi connectivity index (χ0) is 17.0. The van der Waals surface area contributed by atoms with Gasteiger partial charge in [-0.1, -0.05) is 13.3 Å². The fourth-order valence-corrected chi connectivity index (χ4v) is 2.56. The number of amides is 2. The van der Waals surface area contributed by atoms with E-state index in [-0.39, 0.29) is 32.0 Å². The molecule has 0 radical (unpaired) electrons. The maximum atomic E-state index is 12.9. The summed E-state index contributed by atoms with van der Waals surface area (Å²) in [6.45, 7) is 2.56. The van der Waals surface area contributed by atoms with Crippen LogP contribution in [-0.2, 0) is 19.5 Å². The highest BCUT2D eigenvalue weighted by atomic mass is 19.4. The second-order valence-corrected chi connectivity index (χ2v) is 5.86. The molecule has 1 unspecified atom stereocenters. The number of alkyl halides is 3. The summed E-state index contributed by atoms with van der Waals surface area (Å²) < 4.78 is 40.2. The van der Waals surface area contributed by atoms with Gasteiger partial charge in [-0.2, -0.15) is 13.2 Å². The zero-order valence-electron chi connectivity index (χ0n) is 13.4. The first-order chi connectivity index (χ1) is 10.8. The Bertz CT molecular complexity index is 543. The Morgan fingerprint density at radius 1 is 1.43 bits per heavy atom. The third kappa shape index (κ3) is 4.35. The molecular weight excluding hydrogens is 311 g/mol. The minimum atomic E-state index is -4.22. The van der Waals surface area contributed by atoms with Crippen molar-refractivity contribution < 1.29 is 18.0 Å². The lowest BCUT2D eigenvalue weighted by atomic mass is 9.99. The summed E-state index contributed by atoms with van der Waals surface area (Å²) in [5, 5.41) is 10.7. The van der Waals surface area contributed by atoms with Crippen molar-refractivity contribution in [1.29, 1.82) is 0 Å². The molecule has 6 nitrogen and oxygen atoms in total. The van der Waals surface area contributed by atoms with Crippen LogP contribution in [0.5, 0.6) is 0 Å². The number of carbonyl (C=O) groups excluding carboxylic acids is 1. The zero-order valence-corrected chi connectivity index (χ0v) is 13.4. The van der Waals surface area contributed by atoms with Crippen molar-refractivity contribution in [3.05, 3.63) is 11.6 Å². The Morgan fingerprint density at radius 2 is 2.17 bits per heavy atom. The quantitative estimate of drug-likeness (QED) is 0.841. The number of aryl methyl sites for hydroxylation is 1. The van der Waals surface area contributed by atoms with Crippen molar-refractivity contribution in [2.45, 2.75) is 51.9 Å². The van der Waals surface area contributed by atoms with Gasteiger partial charge < -0.3 is 14.8 Å². The van der Waals surface area contributed by atoms with Gasteiger partial charge in [0.05, 0.1) is 12.5 Å². The molecule has 0 saturated heterocycles. The number of carbonyl (C=O) groups is 1. The van der Waals surface area contributed by atoms with Crippen molar-refractivity contribution in [2.75, 3.05) is 13.6 Å². The molecule has 2 amide bonds. The van der Waals surface area contributed by atoms with Crippen LogP contribution in [0.4, 0.5) is 18.0 Å². The molecule has 130 valence electrons. The first-order valence-corrected chi connectivity index (χ1v) is 7.79. The molecule has 1 aromatic rings. The standard InChI is InChI=1S/C14H22F3N5O/c1-3-4-7-18-13(23)21(2)9-12-20-19-11-6-5-10(8-22(11)12)14(15,16)17/h10H,3-9H2,1-2H3,(H,18,23). The Morgan fingerprint density at radius 3 is 2.83 bits per heavy atom. The second-order valence-electron chi connectivity index (χ2n) is 5.86. The Hall–Kier alpha value is -1.80. The highest BCUT2D eigenvalue weighted by Gasteiger charge is 2.42. The highest BCUT2D eigenvalue weighted by Crippen LogP contribution is 2.34. The van der Waals surface area contributed by atoms with E-state index in [0.717, 1.165) is 12.8 Å². The van der Waals surface area contributed by atoms with Gasteiger partial charge in [0.2, 0.25) is 0 Å². The Labute approximate surface area is 133 Å². The predicted octanol–water partition coefficient (Wildman–Crippen LogP) is 2.34. The summed E-state index contributed by atoms with van der Waals surface area (Å²) >= 11 is 0. The monoisotopic (exact) mass is 333 g/mol. The molecule has 1 aliphatic rings. The number of urea groups is 1. The molecule has 1 N–H and O–H groups in total. The van der Waals surface area contributed by atoms with Gasteiger partial charge in [-0.25, -0.2) is 4.79 Å². The van der Waals surface area contributed by atoms with Crippen molar-refractivity contribution in [1.82, 2.24) is 25.0 Å². The number of fused-ring (bicyclic) bond motifs is 1. The van der Waals surface area contributed by atoms with E-state index >= 15 is 0 Å². The molecular formula is C14H22F3N5O. The summed E-state index contributed by atoms with van der Waals surface area (Å²) in [4.78, 5) is 13.3. The summed E-state index contributed by atoms with van der Waals surface area (Å²) in [5.41, 5.74) is 0. The van der Waals surface area contributed by atoms with Crippen LogP contribution in [0.3, 0.4) is 0 Å². The number of rotatable bonds is 5. The molecule has 2 heterocycles. The summed E-state index contributed by atoms with van der Waals surface area (Å²) in [6, 6.07) is -0.265. The Balaban J connectivity index is 2.00. The fraction of sp³-hybridized carbons (Fsp3) is 0.786. The van der Waals surface area contributed by atoms with Crippen LogP contribution in [-0.4, -0.2) is 45.5 Å². The lowest BCUT2D eigenvalue weighted by Gasteiger charge is -2.27. The van der Waals surface area contributed by atoms with Crippen LogP contribution in [0.15, 0.2) is 0 Å². The number of hydrogen-bond acceptors (Lipinski definition) is 3. The van der Waals surface area contributed by atoms with Crippen molar-refractivity contribution in [3.63, 3.8) is 0 Å². The van der Waals surface area contributed by atoms with Crippen LogP contribution in [0.2, 0.25) is 0 Å². The SMILES string of the molecule is CCCCNC(=O)N(C)Cc1nnc2n1CC(C(F)(F)F)CC2. The Kier molecular flexibility index (Phi) is 5.48. The van der Waals surface area contributed by atoms with Gasteiger partial charge in [0.1, 0.15) is 5.82 Å². The van der Waals surface area contributed by atoms with Crippen molar-refractivity contribution >= 4 is 6.03 Å². The molecule has 0 fully saturated rings. The van der Waals surface area contributed by atoms with Gasteiger partial charge in [-0.05, 0) is 12.8 Å². The lowest BCUT2D eigenvalue weighted by molar-refractivity contribution is -0.182. The lowest BCUT2D eigenvalue weighted by Crippen LogP contribution is -2.38. The number of halogens is 3. The molecule has 0 saturated carbocycles. The van der Waals surface area contributed by atoms with Crippen molar-refractivity contribution in [2.24, 2.45) is 5.92 Å². The predicted molar refractivity (Wildman–Crippen MR) is 77.7 cm³/mol. The van der Waals surface area contributed by atoms with Crippen LogP contribution < -0.4 is 5.32 Å². The van der Waals surface area contributed by atoms with Crippen LogP contribution in [0.1, 0.15) is 37.8 Å². The third-order valence-corrected chi connectivity index (χ3v) is 4.02. The largest absolute Gasteiger partial charge is 0.393 e.